The predicted octanol–water partition coefficient (Wildman–Crippen LogP) is 2.08. The Bertz CT molecular complexity index is 936. The van der Waals surface area contributed by atoms with Crippen molar-refractivity contribution in [1.82, 2.24) is 25.4 Å². The highest BCUT2D eigenvalue weighted by Crippen LogP contribution is 2.23. The smallest absolute Gasteiger partial charge is 0.242 e. The number of pyridine rings is 1. The summed E-state index contributed by atoms with van der Waals surface area (Å²) in [4.78, 5) is 21.6. The molecule has 3 aromatic rings. The molecular formula is C19H22N6O. The van der Waals surface area contributed by atoms with Crippen LogP contribution in [0.25, 0.3) is 11.0 Å². The van der Waals surface area contributed by atoms with Crippen molar-refractivity contribution < 1.29 is 4.79 Å². The van der Waals surface area contributed by atoms with Gasteiger partial charge in [-0.15, -0.1) is 0 Å². The lowest BCUT2D eigenvalue weighted by atomic mass is 10.1. The van der Waals surface area contributed by atoms with Crippen LogP contribution in [0.2, 0.25) is 0 Å². The molecule has 1 saturated heterocycles. The number of imidazole rings is 1. The minimum atomic E-state index is -0.312. The van der Waals surface area contributed by atoms with Gasteiger partial charge in [0.25, 0.3) is 0 Å². The maximum absolute atomic E-state index is 12.6. The summed E-state index contributed by atoms with van der Waals surface area (Å²) < 4.78 is 2.08. The summed E-state index contributed by atoms with van der Waals surface area (Å²) in [7, 11) is 2.01. The molecule has 2 atom stereocenters. The summed E-state index contributed by atoms with van der Waals surface area (Å²) in [5.74, 6) is 0.963. The molecule has 3 heterocycles. The first kappa shape index (κ1) is 16.7. The molecule has 0 spiro atoms. The van der Waals surface area contributed by atoms with Crippen molar-refractivity contribution in [1.29, 1.82) is 0 Å². The average molecular weight is 350 g/mol. The molecule has 26 heavy (non-hydrogen) atoms. The van der Waals surface area contributed by atoms with E-state index in [9.17, 15) is 4.79 Å². The Balaban J connectivity index is 1.46. The number of fused-ring (bicyclic) bond motifs is 1. The third kappa shape index (κ3) is 3.07. The van der Waals surface area contributed by atoms with E-state index < -0.39 is 0 Å². The summed E-state index contributed by atoms with van der Waals surface area (Å²) in [5, 5.41) is 2.98. The predicted molar refractivity (Wildman–Crippen MR) is 100 cm³/mol. The highest BCUT2D eigenvalue weighted by atomic mass is 16.2. The first-order chi connectivity index (χ1) is 12.7. The van der Waals surface area contributed by atoms with Crippen molar-refractivity contribution >= 4 is 22.6 Å². The van der Waals surface area contributed by atoms with Gasteiger partial charge >= 0.3 is 0 Å². The number of hydrogen-bond donors (Lipinski definition) is 3. The lowest BCUT2D eigenvalue weighted by Gasteiger charge is -2.10. The number of carbonyl (C=O) groups excluding carboxylic acids is 1. The van der Waals surface area contributed by atoms with Gasteiger partial charge in [0.1, 0.15) is 11.9 Å². The van der Waals surface area contributed by atoms with Crippen LogP contribution in [-0.4, -0.2) is 26.5 Å². The van der Waals surface area contributed by atoms with Crippen molar-refractivity contribution in [3.63, 3.8) is 0 Å². The third-order valence-corrected chi connectivity index (χ3v) is 4.82. The molecule has 1 amide bonds. The Hall–Kier alpha value is -2.77. The fraction of sp³-hybridized carbons (Fsp3) is 0.316. The van der Waals surface area contributed by atoms with Crippen LogP contribution < -0.4 is 16.2 Å². The van der Waals surface area contributed by atoms with Gasteiger partial charge in [-0.3, -0.25) is 9.78 Å². The van der Waals surface area contributed by atoms with Crippen LogP contribution in [0.3, 0.4) is 0 Å². The van der Waals surface area contributed by atoms with Gasteiger partial charge in [-0.2, -0.15) is 0 Å². The van der Waals surface area contributed by atoms with E-state index in [0.717, 1.165) is 34.7 Å². The Morgan fingerprint density at radius 2 is 2.19 bits per heavy atom. The zero-order valence-electron chi connectivity index (χ0n) is 14.9. The minimum Gasteiger partial charge on any atom is -0.331 e. The third-order valence-electron chi connectivity index (χ3n) is 4.82. The fourth-order valence-electron chi connectivity index (χ4n) is 3.38. The van der Waals surface area contributed by atoms with E-state index in [0.29, 0.717) is 6.42 Å². The van der Waals surface area contributed by atoms with E-state index in [-0.39, 0.29) is 18.0 Å². The van der Waals surface area contributed by atoms with Crippen molar-refractivity contribution in [3.8, 4) is 0 Å². The van der Waals surface area contributed by atoms with E-state index in [2.05, 4.69) is 37.6 Å². The van der Waals surface area contributed by atoms with E-state index in [1.165, 1.54) is 0 Å². The second-order valence-electron chi connectivity index (χ2n) is 6.52. The van der Waals surface area contributed by atoms with Gasteiger partial charge in [-0.1, -0.05) is 13.0 Å². The molecule has 7 nitrogen and oxygen atoms in total. The molecule has 1 aliphatic heterocycles. The van der Waals surface area contributed by atoms with E-state index in [4.69, 9.17) is 0 Å². The first-order valence-corrected chi connectivity index (χ1v) is 8.84. The summed E-state index contributed by atoms with van der Waals surface area (Å²) in [5.41, 5.74) is 9.86. The fourth-order valence-corrected chi connectivity index (χ4v) is 3.38. The zero-order chi connectivity index (χ0) is 18.1. The number of amides is 1. The number of benzene rings is 1. The number of aromatic nitrogens is 3. The van der Waals surface area contributed by atoms with Gasteiger partial charge < -0.3 is 9.88 Å². The molecule has 0 aliphatic carbocycles. The lowest BCUT2D eigenvalue weighted by molar-refractivity contribution is -0.117. The van der Waals surface area contributed by atoms with Gasteiger partial charge in [0, 0.05) is 25.4 Å². The molecule has 0 saturated carbocycles. The second-order valence-corrected chi connectivity index (χ2v) is 6.52. The van der Waals surface area contributed by atoms with E-state index in [1.54, 1.807) is 6.20 Å². The Kier molecular flexibility index (Phi) is 4.40. The molecule has 134 valence electrons. The number of nitrogens with zero attached hydrogens (tertiary/aromatic N) is 3. The Morgan fingerprint density at radius 3 is 2.96 bits per heavy atom. The van der Waals surface area contributed by atoms with Gasteiger partial charge in [-0.25, -0.2) is 15.8 Å². The Morgan fingerprint density at radius 1 is 1.31 bits per heavy atom. The van der Waals surface area contributed by atoms with Crippen LogP contribution in [-0.2, 0) is 18.3 Å². The molecule has 2 unspecified atom stereocenters. The van der Waals surface area contributed by atoms with Crippen LogP contribution in [0.5, 0.6) is 0 Å². The van der Waals surface area contributed by atoms with Crippen LogP contribution in [0.1, 0.15) is 30.9 Å². The highest BCUT2D eigenvalue weighted by molar-refractivity contribution is 5.96. The largest absolute Gasteiger partial charge is 0.331 e. The number of hydrazine groups is 1. The number of rotatable bonds is 4. The lowest BCUT2D eigenvalue weighted by Crippen LogP contribution is -2.39. The SMILES string of the molecule is CCc1nc2cc(NC(=O)C3CC(c4ccccn4)NN3)ccc2n1C. The maximum Gasteiger partial charge on any atom is 0.242 e. The quantitative estimate of drug-likeness (QED) is 0.671. The van der Waals surface area contributed by atoms with Crippen molar-refractivity contribution in [3.05, 3.63) is 54.1 Å². The van der Waals surface area contributed by atoms with E-state index in [1.807, 2.05) is 43.4 Å². The summed E-state index contributed by atoms with van der Waals surface area (Å²) in [6.07, 6.45) is 3.28. The highest BCUT2D eigenvalue weighted by Gasteiger charge is 2.30. The minimum absolute atomic E-state index is 0.0253. The molecule has 1 aromatic carbocycles. The molecule has 7 heteroatoms. The molecule has 1 fully saturated rings. The van der Waals surface area contributed by atoms with E-state index >= 15 is 0 Å². The molecular weight excluding hydrogens is 328 g/mol. The molecule has 1 aliphatic rings. The number of nitrogens with one attached hydrogen (secondary N) is 3. The van der Waals surface area contributed by atoms with Gasteiger partial charge in [-0.05, 0) is 36.8 Å². The van der Waals surface area contributed by atoms with Crippen molar-refractivity contribution in [2.24, 2.45) is 7.05 Å². The van der Waals surface area contributed by atoms with Crippen LogP contribution >= 0.6 is 0 Å². The normalized spacial score (nSPS) is 19.8. The first-order valence-electron chi connectivity index (χ1n) is 8.84. The summed E-state index contributed by atoms with van der Waals surface area (Å²) in [6.45, 7) is 2.08. The summed E-state index contributed by atoms with van der Waals surface area (Å²) >= 11 is 0. The molecule has 0 bridgehead atoms. The Labute approximate surface area is 151 Å². The van der Waals surface area contributed by atoms with Gasteiger partial charge in [0.15, 0.2) is 0 Å². The molecule has 4 rings (SSSR count). The topological polar surface area (TPSA) is 83.9 Å². The maximum atomic E-state index is 12.6. The standard InChI is InChI=1S/C19H22N6O/c1-3-18-22-15-10-12(7-8-17(15)25(18)2)21-19(26)16-11-14(23-24-16)13-6-4-5-9-20-13/h4-10,14,16,23-24H,3,11H2,1-2H3,(H,21,26). The number of carbonyl (C=O) groups is 1. The zero-order valence-corrected chi connectivity index (χ0v) is 14.9. The monoisotopic (exact) mass is 350 g/mol. The van der Waals surface area contributed by atoms with Crippen molar-refractivity contribution in [2.75, 3.05) is 5.32 Å². The van der Waals surface area contributed by atoms with Gasteiger partial charge in [0.2, 0.25) is 5.91 Å². The summed E-state index contributed by atoms with van der Waals surface area (Å²) in [6, 6.07) is 11.3. The molecule has 0 radical (unpaired) electrons. The van der Waals surface area contributed by atoms with Crippen LogP contribution in [0.15, 0.2) is 42.6 Å². The van der Waals surface area contributed by atoms with Gasteiger partial charge in [0.05, 0.1) is 22.8 Å². The average Bonchev–Trinajstić information content (AvgIpc) is 3.28. The van der Waals surface area contributed by atoms with Crippen LogP contribution in [0, 0.1) is 0 Å². The van der Waals surface area contributed by atoms with Crippen molar-refractivity contribution in [2.45, 2.75) is 31.8 Å². The number of anilines is 1. The second kappa shape index (κ2) is 6.86. The van der Waals surface area contributed by atoms with Crippen LogP contribution in [0.4, 0.5) is 5.69 Å². The molecule has 3 N–H and O–H groups in total. The number of hydrogen-bond acceptors (Lipinski definition) is 5. The number of aryl methyl sites for hydroxylation is 2. The molecule has 2 aromatic heterocycles.